The molecule has 0 saturated heterocycles. The minimum absolute atomic E-state index is 0.290. The van der Waals surface area contributed by atoms with Crippen LogP contribution in [0.5, 0.6) is 0 Å². The molecule has 4 nitrogen and oxygen atoms in total. The highest BCUT2D eigenvalue weighted by atomic mass is 19.1. The molecule has 1 aliphatic heterocycles. The van der Waals surface area contributed by atoms with Crippen molar-refractivity contribution in [2.45, 2.75) is 12.5 Å². The Morgan fingerprint density at radius 2 is 1.88 bits per heavy atom. The van der Waals surface area contributed by atoms with Crippen molar-refractivity contribution < 1.29 is 23.1 Å². The predicted molar refractivity (Wildman–Crippen MR) is 82.0 cm³/mol. The molecule has 0 aliphatic carbocycles. The first kappa shape index (κ1) is 16.3. The summed E-state index contributed by atoms with van der Waals surface area (Å²) in [6.45, 7) is -0.0304. The monoisotopic (exact) mass is 336 g/mol. The molecule has 0 bridgehead atoms. The first-order valence-corrected chi connectivity index (χ1v) is 7.42. The number of carbonyl (C=O) groups is 1. The average Bonchev–Trinajstić information content (AvgIpc) is 2.56. The summed E-state index contributed by atoms with van der Waals surface area (Å²) < 4.78 is 40.3. The fourth-order valence-corrected chi connectivity index (χ4v) is 2.93. The van der Waals surface area contributed by atoms with E-state index in [4.69, 9.17) is 0 Å². The first-order valence-electron chi connectivity index (χ1n) is 7.42. The van der Waals surface area contributed by atoms with Gasteiger partial charge in [0.05, 0.1) is 12.6 Å². The van der Waals surface area contributed by atoms with Crippen molar-refractivity contribution in [2.24, 2.45) is 0 Å². The minimum atomic E-state index is -1.20. The topological polar surface area (TPSA) is 52.6 Å². The van der Waals surface area contributed by atoms with E-state index in [9.17, 15) is 23.1 Å². The molecule has 1 heterocycles. The Hall–Kier alpha value is -2.54. The Morgan fingerprint density at radius 3 is 2.54 bits per heavy atom. The van der Waals surface area contributed by atoms with Crippen LogP contribution in [-0.2, 0) is 6.42 Å². The molecule has 24 heavy (non-hydrogen) atoms. The molecule has 2 amide bonds. The molecule has 3 rings (SSSR count). The van der Waals surface area contributed by atoms with Gasteiger partial charge in [0, 0.05) is 18.7 Å². The number of halogens is 3. The lowest BCUT2D eigenvalue weighted by Gasteiger charge is -2.36. The lowest BCUT2D eigenvalue weighted by molar-refractivity contribution is 0.135. The second-order valence-corrected chi connectivity index (χ2v) is 5.52. The van der Waals surface area contributed by atoms with E-state index in [1.54, 1.807) is 12.1 Å². The number of rotatable bonds is 2. The van der Waals surface area contributed by atoms with Crippen LogP contribution in [0, 0.1) is 17.5 Å². The van der Waals surface area contributed by atoms with Crippen LogP contribution in [-0.4, -0.2) is 29.2 Å². The number of nitrogens with one attached hydrogen (secondary N) is 1. The van der Waals surface area contributed by atoms with Gasteiger partial charge in [-0.1, -0.05) is 24.3 Å². The Balaban J connectivity index is 1.86. The first-order chi connectivity index (χ1) is 11.5. The molecular weight excluding hydrogens is 321 g/mol. The van der Waals surface area contributed by atoms with Gasteiger partial charge in [0.25, 0.3) is 0 Å². The number of amides is 2. The zero-order chi connectivity index (χ0) is 17.3. The number of nitrogens with zero attached hydrogens (tertiary/aromatic N) is 1. The number of hydrogen-bond acceptors (Lipinski definition) is 2. The fraction of sp³-hybridized carbons (Fsp3) is 0.235. The molecular formula is C17H15F3N2O2. The van der Waals surface area contributed by atoms with Gasteiger partial charge in [-0.2, -0.15) is 0 Å². The number of urea groups is 1. The number of anilines is 1. The van der Waals surface area contributed by atoms with Crippen molar-refractivity contribution in [3.63, 3.8) is 0 Å². The molecule has 0 radical (unpaired) electrons. The summed E-state index contributed by atoms with van der Waals surface area (Å²) in [5.41, 5.74) is 1.10. The Kier molecular flexibility index (Phi) is 4.44. The summed E-state index contributed by atoms with van der Waals surface area (Å²) >= 11 is 0. The Morgan fingerprint density at radius 1 is 1.21 bits per heavy atom. The number of fused-ring (bicyclic) bond motifs is 1. The van der Waals surface area contributed by atoms with Crippen LogP contribution in [0.1, 0.15) is 17.2 Å². The molecule has 0 fully saturated rings. The lowest BCUT2D eigenvalue weighted by atomic mass is 9.93. The van der Waals surface area contributed by atoms with Crippen molar-refractivity contribution >= 4 is 11.7 Å². The summed E-state index contributed by atoms with van der Waals surface area (Å²) in [6.07, 6.45) is 0.564. The van der Waals surface area contributed by atoms with Crippen molar-refractivity contribution in [3.05, 3.63) is 65.0 Å². The second kappa shape index (κ2) is 6.52. The third kappa shape index (κ3) is 2.94. The van der Waals surface area contributed by atoms with E-state index in [2.05, 4.69) is 5.32 Å². The standard InChI is InChI=1S/C17H15F3N2O2/c18-11-7-13(19)16(14(20)8-11)21-17(24)22-6-5-10-3-1-2-4-12(10)15(22)9-23/h1-4,7-8,15,23H,5-6,9H2,(H,21,24). The van der Waals surface area contributed by atoms with E-state index in [1.165, 1.54) is 4.90 Å². The van der Waals surface area contributed by atoms with E-state index >= 15 is 0 Å². The smallest absolute Gasteiger partial charge is 0.322 e. The van der Waals surface area contributed by atoms with Crippen molar-refractivity contribution in [1.82, 2.24) is 4.90 Å². The number of benzene rings is 2. The van der Waals surface area contributed by atoms with Gasteiger partial charge in [-0.05, 0) is 17.5 Å². The van der Waals surface area contributed by atoms with E-state index < -0.39 is 35.2 Å². The highest BCUT2D eigenvalue weighted by Gasteiger charge is 2.31. The molecule has 126 valence electrons. The Bertz CT molecular complexity index is 759. The molecule has 0 spiro atoms. The summed E-state index contributed by atoms with van der Waals surface area (Å²) in [5.74, 6) is -3.46. The summed E-state index contributed by atoms with van der Waals surface area (Å²) in [4.78, 5) is 13.7. The maximum absolute atomic E-state index is 13.7. The van der Waals surface area contributed by atoms with Gasteiger partial charge >= 0.3 is 6.03 Å². The number of aliphatic hydroxyl groups is 1. The molecule has 0 aromatic heterocycles. The molecule has 0 saturated carbocycles. The molecule has 7 heteroatoms. The minimum Gasteiger partial charge on any atom is -0.394 e. The van der Waals surface area contributed by atoms with Gasteiger partial charge in [0.1, 0.15) is 11.5 Å². The van der Waals surface area contributed by atoms with Crippen LogP contribution in [0.15, 0.2) is 36.4 Å². The fourth-order valence-electron chi connectivity index (χ4n) is 2.93. The van der Waals surface area contributed by atoms with Gasteiger partial charge in [0.15, 0.2) is 11.6 Å². The number of aliphatic hydroxyl groups excluding tert-OH is 1. The zero-order valence-corrected chi connectivity index (χ0v) is 12.6. The van der Waals surface area contributed by atoms with Crippen LogP contribution < -0.4 is 5.32 Å². The Labute approximate surface area is 136 Å². The van der Waals surface area contributed by atoms with Gasteiger partial charge < -0.3 is 15.3 Å². The third-order valence-corrected chi connectivity index (χ3v) is 4.08. The normalized spacial score (nSPS) is 16.7. The molecule has 1 atom stereocenters. The maximum Gasteiger partial charge on any atom is 0.322 e. The quantitative estimate of drug-likeness (QED) is 0.885. The second-order valence-electron chi connectivity index (χ2n) is 5.52. The van der Waals surface area contributed by atoms with Gasteiger partial charge in [-0.25, -0.2) is 18.0 Å². The van der Waals surface area contributed by atoms with E-state index in [1.807, 2.05) is 12.1 Å². The van der Waals surface area contributed by atoms with Crippen LogP contribution in [0.25, 0.3) is 0 Å². The summed E-state index contributed by atoms with van der Waals surface area (Å²) in [5, 5.41) is 11.8. The molecule has 2 N–H and O–H groups in total. The number of carbonyl (C=O) groups excluding carboxylic acids is 1. The number of hydrogen-bond donors (Lipinski definition) is 2. The lowest BCUT2D eigenvalue weighted by Crippen LogP contribution is -2.44. The van der Waals surface area contributed by atoms with Crippen LogP contribution in [0.2, 0.25) is 0 Å². The van der Waals surface area contributed by atoms with Gasteiger partial charge in [-0.3, -0.25) is 0 Å². The average molecular weight is 336 g/mol. The highest BCUT2D eigenvalue weighted by molar-refractivity contribution is 5.90. The SMILES string of the molecule is O=C(Nc1c(F)cc(F)cc1F)N1CCc2ccccc2C1CO. The van der Waals surface area contributed by atoms with E-state index in [-0.39, 0.29) is 6.61 Å². The maximum atomic E-state index is 13.7. The molecule has 1 unspecified atom stereocenters. The van der Waals surface area contributed by atoms with Crippen LogP contribution in [0.4, 0.5) is 23.7 Å². The largest absolute Gasteiger partial charge is 0.394 e. The summed E-state index contributed by atoms with van der Waals surface area (Å²) in [7, 11) is 0. The molecule has 2 aromatic rings. The van der Waals surface area contributed by atoms with Crippen LogP contribution in [0.3, 0.4) is 0 Å². The predicted octanol–water partition coefficient (Wildman–Crippen LogP) is 3.23. The zero-order valence-electron chi connectivity index (χ0n) is 12.6. The molecule has 2 aromatic carbocycles. The van der Waals surface area contributed by atoms with Crippen molar-refractivity contribution in [2.75, 3.05) is 18.5 Å². The van der Waals surface area contributed by atoms with Crippen LogP contribution >= 0.6 is 0 Å². The van der Waals surface area contributed by atoms with Gasteiger partial charge in [0.2, 0.25) is 0 Å². The highest BCUT2D eigenvalue weighted by Crippen LogP contribution is 2.30. The van der Waals surface area contributed by atoms with Gasteiger partial charge in [-0.15, -0.1) is 0 Å². The van der Waals surface area contributed by atoms with E-state index in [0.29, 0.717) is 25.1 Å². The molecule has 1 aliphatic rings. The van der Waals surface area contributed by atoms with Crippen molar-refractivity contribution in [3.8, 4) is 0 Å². The van der Waals surface area contributed by atoms with Crippen molar-refractivity contribution in [1.29, 1.82) is 0 Å². The third-order valence-electron chi connectivity index (χ3n) is 4.08. The van der Waals surface area contributed by atoms with E-state index in [0.717, 1.165) is 11.1 Å². The summed E-state index contributed by atoms with van der Waals surface area (Å²) in [6, 6.07) is 6.99.